The zero-order chi connectivity index (χ0) is 52.9. The number of carbonyl (C=O) groups is 4. The highest BCUT2D eigenvalue weighted by molar-refractivity contribution is 5.79. The largest absolute Gasteiger partial charge is 0.481 e. The molecule has 2 aliphatic rings. The van der Waals surface area contributed by atoms with Crippen molar-refractivity contribution in [1.82, 2.24) is 16.0 Å². The monoisotopic (exact) mass is 1000 g/mol. The molecular formula is C62H90N4O7. The first-order valence-corrected chi connectivity index (χ1v) is 27.3. The van der Waals surface area contributed by atoms with E-state index in [2.05, 4.69) is 125 Å². The standard InChI is InChI=1S/C31H44N2O3.C19H25N.C12H21NO4/c1-31(2,3)36-30(35)33-28-22-20-26(21-23-28)29(34)32-27(18-10-16-24-12-6-4-7-13-24)19-11-17-25-14-8-5-9-15-25;20-19(15-7-13-17-9-3-1-4-10-17)16-8-14-18-11-5-2-6-12-18;1-12(2,3)17-11(16)13-9-6-4-8(5-7-9)10(14)15/h4-9,12-15,26-28H,10-11,16-23H2,1-3H3,(H,32,34)(H,33,35);1-6,9-12,19H,7-8,13-16,20H2;8-9H,4-7H2,1-3H3,(H,13,16)(H,14,15). The van der Waals surface area contributed by atoms with Crippen LogP contribution in [0.5, 0.6) is 0 Å². The van der Waals surface area contributed by atoms with Gasteiger partial charge in [-0.1, -0.05) is 121 Å². The molecule has 0 bridgehead atoms. The zero-order valence-electron chi connectivity index (χ0n) is 45.1. The van der Waals surface area contributed by atoms with Crippen LogP contribution in [0.15, 0.2) is 121 Å². The molecule has 400 valence electrons. The van der Waals surface area contributed by atoms with E-state index < -0.39 is 23.3 Å². The third-order valence-electron chi connectivity index (χ3n) is 13.5. The molecule has 2 fully saturated rings. The molecule has 11 heteroatoms. The van der Waals surface area contributed by atoms with Crippen LogP contribution in [0, 0.1) is 11.8 Å². The number of benzene rings is 4. The second-order valence-electron chi connectivity index (χ2n) is 22.2. The van der Waals surface area contributed by atoms with Crippen molar-refractivity contribution in [2.45, 2.75) is 205 Å². The fraction of sp³-hybridized carbons (Fsp3) is 0.548. The molecule has 2 aliphatic carbocycles. The Balaban J connectivity index is 0.000000262. The number of hydrogen-bond donors (Lipinski definition) is 5. The summed E-state index contributed by atoms with van der Waals surface area (Å²) in [6.45, 7) is 11.0. The van der Waals surface area contributed by atoms with Gasteiger partial charge in [0.15, 0.2) is 0 Å². The lowest BCUT2D eigenvalue weighted by Crippen LogP contribution is -2.44. The zero-order valence-corrected chi connectivity index (χ0v) is 45.1. The second-order valence-corrected chi connectivity index (χ2v) is 22.2. The number of nitrogens with one attached hydrogen (secondary N) is 3. The minimum absolute atomic E-state index is 0.0208. The van der Waals surface area contributed by atoms with Gasteiger partial charge in [-0.25, -0.2) is 9.59 Å². The van der Waals surface area contributed by atoms with E-state index in [0.29, 0.717) is 31.7 Å². The number of aliphatic carboxylic acids is 1. The van der Waals surface area contributed by atoms with E-state index in [-0.39, 0.29) is 42.0 Å². The van der Waals surface area contributed by atoms with Crippen LogP contribution in [-0.2, 0) is 44.7 Å². The normalized spacial score (nSPS) is 17.7. The molecule has 0 heterocycles. The minimum Gasteiger partial charge on any atom is -0.481 e. The molecule has 6 rings (SSSR count). The Morgan fingerprint density at radius 3 is 1.10 bits per heavy atom. The number of aryl methyl sites for hydroxylation is 4. The molecule has 0 spiro atoms. The van der Waals surface area contributed by atoms with Crippen molar-refractivity contribution in [2.24, 2.45) is 17.6 Å². The third-order valence-corrected chi connectivity index (χ3v) is 13.5. The molecule has 0 radical (unpaired) electrons. The van der Waals surface area contributed by atoms with Crippen LogP contribution in [0.4, 0.5) is 9.59 Å². The molecule has 73 heavy (non-hydrogen) atoms. The van der Waals surface area contributed by atoms with Crippen LogP contribution in [0.25, 0.3) is 0 Å². The lowest BCUT2D eigenvalue weighted by molar-refractivity contribution is -0.142. The summed E-state index contributed by atoms with van der Waals surface area (Å²) in [6, 6.07) is 43.1. The Bertz CT molecular complexity index is 2040. The van der Waals surface area contributed by atoms with Crippen LogP contribution < -0.4 is 21.7 Å². The van der Waals surface area contributed by atoms with E-state index in [0.717, 1.165) is 89.9 Å². The predicted octanol–water partition coefficient (Wildman–Crippen LogP) is 13.1. The van der Waals surface area contributed by atoms with Crippen LogP contribution >= 0.6 is 0 Å². The molecule has 3 amide bonds. The maximum absolute atomic E-state index is 13.2. The van der Waals surface area contributed by atoms with Crippen molar-refractivity contribution >= 4 is 24.1 Å². The maximum atomic E-state index is 13.2. The van der Waals surface area contributed by atoms with Gasteiger partial charge in [0.25, 0.3) is 0 Å². The first-order valence-electron chi connectivity index (χ1n) is 27.3. The molecule has 0 saturated heterocycles. The Kier molecular flexibility index (Phi) is 26.7. The number of carbonyl (C=O) groups excluding carboxylic acids is 3. The molecule has 0 aromatic heterocycles. The number of rotatable bonds is 21. The number of ether oxygens (including phenoxy) is 2. The van der Waals surface area contributed by atoms with Gasteiger partial charge in [-0.05, 0) is 192 Å². The van der Waals surface area contributed by atoms with E-state index in [4.69, 9.17) is 20.3 Å². The molecule has 2 saturated carbocycles. The van der Waals surface area contributed by atoms with Crippen molar-refractivity contribution < 1.29 is 33.8 Å². The average Bonchev–Trinajstić information content (AvgIpc) is 3.35. The van der Waals surface area contributed by atoms with Crippen molar-refractivity contribution in [2.75, 3.05) is 0 Å². The third kappa shape index (κ3) is 27.3. The Morgan fingerprint density at radius 2 is 0.795 bits per heavy atom. The highest BCUT2D eigenvalue weighted by atomic mass is 16.6. The number of alkyl carbamates (subject to hydrolysis) is 2. The first kappa shape index (κ1) is 59.9. The lowest BCUT2D eigenvalue weighted by atomic mass is 9.85. The Hall–Kier alpha value is -5.68. The van der Waals surface area contributed by atoms with Gasteiger partial charge < -0.3 is 36.3 Å². The Morgan fingerprint density at radius 1 is 0.493 bits per heavy atom. The smallest absolute Gasteiger partial charge is 0.407 e. The van der Waals surface area contributed by atoms with Gasteiger partial charge in [-0.3, -0.25) is 9.59 Å². The molecular weight excluding hydrogens is 913 g/mol. The summed E-state index contributed by atoms with van der Waals surface area (Å²) in [4.78, 5) is 47.5. The molecule has 0 aliphatic heterocycles. The first-order chi connectivity index (χ1) is 34.9. The van der Waals surface area contributed by atoms with Gasteiger partial charge in [0, 0.05) is 30.1 Å². The summed E-state index contributed by atoms with van der Waals surface area (Å²) >= 11 is 0. The van der Waals surface area contributed by atoms with Gasteiger partial charge >= 0.3 is 18.2 Å². The summed E-state index contributed by atoms with van der Waals surface area (Å²) in [5.41, 5.74) is 10.7. The lowest BCUT2D eigenvalue weighted by Gasteiger charge is -2.30. The quantitative estimate of drug-likeness (QED) is 0.0549. The van der Waals surface area contributed by atoms with Crippen molar-refractivity contribution in [3.63, 3.8) is 0 Å². The van der Waals surface area contributed by atoms with Gasteiger partial charge in [0.2, 0.25) is 5.91 Å². The number of nitrogens with two attached hydrogens (primary N) is 1. The van der Waals surface area contributed by atoms with Crippen LogP contribution in [0.2, 0.25) is 0 Å². The van der Waals surface area contributed by atoms with Crippen LogP contribution in [0.1, 0.15) is 167 Å². The number of carboxylic acids is 1. The average molecular weight is 1000 g/mol. The summed E-state index contributed by atoms with van der Waals surface area (Å²) in [5, 5.41) is 18.0. The second kappa shape index (κ2) is 32.5. The summed E-state index contributed by atoms with van der Waals surface area (Å²) in [5.74, 6) is -0.796. The van der Waals surface area contributed by atoms with E-state index in [1.807, 2.05) is 53.7 Å². The topological polar surface area (TPSA) is 169 Å². The van der Waals surface area contributed by atoms with Crippen LogP contribution in [-0.4, -0.2) is 64.5 Å². The highest BCUT2D eigenvalue weighted by Gasteiger charge is 2.30. The molecule has 6 N–H and O–H groups in total. The van der Waals surface area contributed by atoms with Crippen molar-refractivity contribution in [3.8, 4) is 0 Å². The van der Waals surface area contributed by atoms with Crippen LogP contribution in [0.3, 0.4) is 0 Å². The van der Waals surface area contributed by atoms with Gasteiger partial charge in [0.05, 0.1) is 5.92 Å². The molecule has 11 nitrogen and oxygen atoms in total. The molecule has 0 atom stereocenters. The summed E-state index contributed by atoms with van der Waals surface area (Å²) in [7, 11) is 0. The highest BCUT2D eigenvalue weighted by Crippen LogP contribution is 2.27. The fourth-order valence-corrected chi connectivity index (χ4v) is 9.51. The minimum atomic E-state index is -0.735. The maximum Gasteiger partial charge on any atom is 0.407 e. The molecule has 4 aromatic rings. The van der Waals surface area contributed by atoms with E-state index >= 15 is 0 Å². The number of amides is 3. The van der Waals surface area contributed by atoms with E-state index in [1.54, 1.807) is 0 Å². The van der Waals surface area contributed by atoms with Gasteiger partial charge in [-0.15, -0.1) is 0 Å². The number of carboxylic acid groups (broad SMARTS) is 1. The van der Waals surface area contributed by atoms with Crippen molar-refractivity contribution in [1.29, 1.82) is 0 Å². The SMILES string of the molecule is CC(C)(C)OC(=O)NC1CCC(C(=O)NC(CCCc2ccccc2)CCCc2ccccc2)CC1.CC(C)(C)OC(=O)NC1CCC(C(=O)O)CC1.NC(CCCc1ccccc1)CCCc1ccccc1. The van der Waals surface area contributed by atoms with Gasteiger partial charge in [0.1, 0.15) is 11.2 Å². The predicted molar refractivity (Wildman–Crippen MR) is 295 cm³/mol. The van der Waals surface area contributed by atoms with Gasteiger partial charge in [-0.2, -0.15) is 0 Å². The van der Waals surface area contributed by atoms with Crippen molar-refractivity contribution in [3.05, 3.63) is 144 Å². The summed E-state index contributed by atoms with van der Waals surface area (Å²) < 4.78 is 10.5. The molecule has 0 unspecified atom stereocenters. The van der Waals surface area contributed by atoms with E-state index in [1.165, 1.54) is 35.1 Å². The Labute approximate surface area is 438 Å². The van der Waals surface area contributed by atoms with E-state index in [9.17, 15) is 19.2 Å². The molecule has 4 aromatic carbocycles. The number of hydrogen-bond acceptors (Lipinski definition) is 7. The fourth-order valence-electron chi connectivity index (χ4n) is 9.51. The summed E-state index contributed by atoms with van der Waals surface area (Å²) in [6.07, 6.45) is 18.2.